The van der Waals surface area contributed by atoms with Crippen molar-refractivity contribution in [1.82, 2.24) is 19.9 Å². The summed E-state index contributed by atoms with van der Waals surface area (Å²) in [4.78, 5) is 17.1. The minimum absolute atomic E-state index is 0.427. The lowest BCUT2D eigenvalue weighted by atomic mass is 10.1. The van der Waals surface area contributed by atoms with Gasteiger partial charge in [0.1, 0.15) is 5.52 Å². The molecule has 0 unspecified atom stereocenters. The van der Waals surface area contributed by atoms with Gasteiger partial charge in [0.15, 0.2) is 11.5 Å². The van der Waals surface area contributed by atoms with Crippen molar-refractivity contribution in [3.05, 3.63) is 69.4 Å². The quantitative estimate of drug-likeness (QED) is 0.523. The van der Waals surface area contributed by atoms with Gasteiger partial charge < -0.3 is 10.3 Å². The molecule has 0 spiro atoms. The number of benzene rings is 1. The summed E-state index contributed by atoms with van der Waals surface area (Å²) in [6, 6.07) is 14.0. The zero-order valence-electron chi connectivity index (χ0n) is 13.7. The Labute approximate surface area is 159 Å². The third kappa shape index (κ3) is 3.85. The fourth-order valence-electron chi connectivity index (χ4n) is 2.49. The molecule has 0 saturated carbocycles. The van der Waals surface area contributed by atoms with Crippen LogP contribution in [0.5, 0.6) is 0 Å². The Morgan fingerprint density at radius 1 is 1.08 bits per heavy atom. The van der Waals surface area contributed by atoms with E-state index in [-0.39, 0.29) is 0 Å². The largest absolute Gasteiger partial charge is 0.368 e. The van der Waals surface area contributed by atoms with Crippen molar-refractivity contribution in [2.45, 2.75) is 6.42 Å². The van der Waals surface area contributed by atoms with Gasteiger partial charge in [0.05, 0.1) is 15.5 Å². The molecule has 0 atom stereocenters. The molecule has 0 fully saturated rings. The first-order valence-corrected chi connectivity index (χ1v) is 9.24. The molecule has 4 aromatic rings. The topological polar surface area (TPSA) is 66.5 Å². The van der Waals surface area contributed by atoms with Crippen molar-refractivity contribution < 1.29 is 0 Å². The van der Waals surface area contributed by atoms with E-state index in [1.54, 1.807) is 6.33 Å². The van der Waals surface area contributed by atoms with Crippen LogP contribution in [0.15, 0.2) is 48.8 Å². The van der Waals surface area contributed by atoms with Crippen molar-refractivity contribution in [3.8, 4) is 11.8 Å². The first kappa shape index (κ1) is 16.6. The summed E-state index contributed by atoms with van der Waals surface area (Å²) in [5, 5.41) is 3.36. The van der Waals surface area contributed by atoms with Gasteiger partial charge in [-0.15, -0.1) is 11.3 Å². The zero-order chi connectivity index (χ0) is 17.8. The maximum Gasteiger partial charge on any atom is 0.209 e. The smallest absolute Gasteiger partial charge is 0.209 e. The van der Waals surface area contributed by atoms with Gasteiger partial charge in [-0.2, -0.15) is 4.98 Å². The predicted octanol–water partition coefficient (Wildman–Crippen LogP) is 4.12. The predicted molar refractivity (Wildman–Crippen MR) is 106 cm³/mol. The number of hydrogen-bond acceptors (Lipinski definition) is 5. The second kappa shape index (κ2) is 7.56. The van der Waals surface area contributed by atoms with Crippen LogP contribution in [0.2, 0.25) is 4.34 Å². The van der Waals surface area contributed by atoms with Gasteiger partial charge in [-0.25, -0.2) is 9.97 Å². The van der Waals surface area contributed by atoms with E-state index in [9.17, 15) is 0 Å². The Hall–Kier alpha value is -2.88. The number of hydrogen-bond donors (Lipinski definition) is 2. The minimum Gasteiger partial charge on any atom is -0.368 e. The Kier molecular flexibility index (Phi) is 4.82. The standard InChI is InChI=1S/C19H14ClN5S/c20-15-8-6-14(26-15)7-9-16-24-18(17-19(25-16)23-12-22-17)21-11-10-13-4-2-1-3-5-13/h1-6,8,12H,10-11H2,(H2,21,22,23,24,25). The van der Waals surface area contributed by atoms with Gasteiger partial charge in [-0.1, -0.05) is 41.9 Å². The summed E-state index contributed by atoms with van der Waals surface area (Å²) in [6.07, 6.45) is 2.51. The van der Waals surface area contributed by atoms with Crippen LogP contribution in [-0.2, 0) is 6.42 Å². The highest BCUT2D eigenvalue weighted by Gasteiger charge is 2.08. The van der Waals surface area contributed by atoms with Crippen LogP contribution < -0.4 is 5.32 Å². The van der Waals surface area contributed by atoms with Gasteiger partial charge in [-0.3, -0.25) is 0 Å². The van der Waals surface area contributed by atoms with E-state index in [0.29, 0.717) is 21.6 Å². The first-order valence-electron chi connectivity index (χ1n) is 8.04. The first-order chi connectivity index (χ1) is 12.8. The van der Waals surface area contributed by atoms with E-state index < -0.39 is 0 Å². The molecule has 1 aromatic carbocycles. The number of aromatic nitrogens is 4. The third-order valence-corrected chi connectivity index (χ3v) is 4.85. The Bertz CT molecular complexity index is 1090. The summed E-state index contributed by atoms with van der Waals surface area (Å²) >= 11 is 7.36. The Morgan fingerprint density at radius 2 is 1.96 bits per heavy atom. The molecule has 0 aliphatic rings. The van der Waals surface area contributed by atoms with Crippen molar-refractivity contribution in [2.75, 3.05) is 11.9 Å². The normalized spacial score (nSPS) is 10.5. The number of anilines is 1. The maximum atomic E-state index is 5.93. The average Bonchev–Trinajstić information content (AvgIpc) is 3.29. The summed E-state index contributed by atoms with van der Waals surface area (Å²) in [5.41, 5.74) is 2.64. The number of nitrogens with one attached hydrogen (secondary N) is 2. The van der Waals surface area contributed by atoms with E-state index in [1.807, 2.05) is 30.3 Å². The highest BCUT2D eigenvalue weighted by molar-refractivity contribution is 7.16. The highest BCUT2D eigenvalue weighted by Crippen LogP contribution is 2.20. The van der Waals surface area contributed by atoms with Crippen LogP contribution in [0.4, 0.5) is 5.82 Å². The van der Waals surface area contributed by atoms with Crippen LogP contribution in [0.3, 0.4) is 0 Å². The molecule has 0 bridgehead atoms. The maximum absolute atomic E-state index is 5.93. The van der Waals surface area contributed by atoms with E-state index in [2.05, 4.69) is 49.2 Å². The fourth-order valence-corrected chi connectivity index (χ4v) is 3.38. The number of aromatic amines is 1. The van der Waals surface area contributed by atoms with Crippen LogP contribution >= 0.6 is 22.9 Å². The van der Waals surface area contributed by atoms with Crippen LogP contribution in [0.25, 0.3) is 11.2 Å². The lowest BCUT2D eigenvalue weighted by molar-refractivity contribution is 1.00. The molecule has 0 amide bonds. The van der Waals surface area contributed by atoms with Crippen LogP contribution in [0.1, 0.15) is 16.3 Å². The van der Waals surface area contributed by atoms with E-state index in [4.69, 9.17) is 11.6 Å². The second-order valence-corrected chi connectivity index (χ2v) is 7.23. The minimum atomic E-state index is 0.427. The van der Waals surface area contributed by atoms with Gasteiger partial charge >= 0.3 is 0 Å². The summed E-state index contributed by atoms with van der Waals surface area (Å²) in [7, 11) is 0. The summed E-state index contributed by atoms with van der Waals surface area (Å²) in [6.45, 7) is 0.753. The summed E-state index contributed by atoms with van der Waals surface area (Å²) in [5.74, 6) is 7.16. The van der Waals surface area contributed by atoms with Gasteiger partial charge in [0.25, 0.3) is 0 Å². The summed E-state index contributed by atoms with van der Waals surface area (Å²) < 4.78 is 0.709. The molecule has 0 radical (unpaired) electrons. The Balaban J connectivity index is 1.55. The molecule has 0 aliphatic carbocycles. The fraction of sp³-hybridized carbons (Fsp3) is 0.105. The number of H-pyrrole nitrogens is 1. The van der Waals surface area contributed by atoms with Crippen molar-refractivity contribution in [2.24, 2.45) is 0 Å². The number of imidazole rings is 1. The molecule has 26 heavy (non-hydrogen) atoms. The second-order valence-electron chi connectivity index (χ2n) is 5.51. The van der Waals surface area contributed by atoms with Crippen LogP contribution in [0, 0.1) is 11.8 Å². The average molecular weight is 380 g/mol. The van der Waals surface area contributed by atoms with Crippen LogP contribution in [-0.4, -0.2) is 26.5 Å². The zero-order valence-corrected chi connectivity index (χ0v) is 15.2. The Morgan fingerprint density at radius 3 is 2.77 bits per heavy atom. The van der Waals surface area contributed by atoms with Crippen molar-refractivity contribution in [3.63, 3.8) is 0 Å². The number of halogens is 1. The SMILES string of the molecule is Clc1ccc(C#Cc2nc(NCCc3ccccc3)c3[nH]cnc3n2)s1. The molecule has 3 aromatic heterocycles. The van der Waals surface area contributed by atoms with Gasteiger partial charge in [0, 0.05) is 6.54 Å². The molecular formula is C19H14ClN5S. The van der Waals surface area contributed by atoms with E-state index in [0.717, 1.165) is 23.4 Å². The molecule has 4 rings (SSSR count). The van der Waals surface area contributed by atoms with E-state index >= 15 is 0 Å². The monoisotopic (exact) mass is 379 g/mol. The molecule has 2 N–H and O–H groups in total. The molecule has 3 heterocycles. The molecule has 128 valence electrons. The van der Waals surface area contributed by atoms with E-state index in [1.165, 1.54) is 16.9 Å². The van der Waals surface area contributed by atoms with Gasteiger partial charge in [-0.05, 0) is 36.0 Å². The van der Waals surface area contributed by atoms with Crippen molar-refractivity contribution >= 4 is 39.9 Å². The molecule has 0 aliphatic heterocycles. The number of thiophene rings is 1. The number of rotatable bonds is 4. The number of fused-ring (bicyclic) bond motifs is 1. The molecular weight excluding hydrogens is 366 g/mol. The lowest BCUT2D eigenvalue weighted by Gasteiger charge is -2.06. The molecule has 0 saturated heterocycles. The lowest BCUT2D eigenvalue weighted by Crippen LogP contribution is -2.08. The highest BCUT2D eigenvalue weighted by atomic mass is 35.5. The van der Waals surface area contributed by atoms with Crippen molar-refractivity contribution in [1.29, 1.82) is 0 Å². The van der Waals surface area contributed by atoms with Gasteiger partial charge in [0.2, 0.25) is 5.82 Å². The molecule has 5 nitrogen and oxygen atoms in total. The number of nitrogens with zero attached hydrogens (tertiary/aromatic N) is 3. The third-order valence-electron chi connectivity index (χ3n) is 3.71. The molecule has 7 heteroatoms.